The van der Waals surface area contributed by atoms with E-state index in [1.807, 2.05) is 92.6 Å². The quantitative estimate of drug-likeness (QED) is 0.541. The normalized spacial score (nSPS) is 10.8. The van der Waals surface area contributed by atoms with Gasteiger partial charge in [0.1, 0.15) is 5.52 Å². The fraction of sp³-hybridized carbons (Fsp3) is 0.130. The lowest BCUT2D eigenvalue weighted by molar-refractivity contribution is 0.102. The minimum absolute atomic E-state index is 0.138. The van der Waals surface area contributed by atoms with Crippen LogP contribution in [0.4, 0.5) is 11.4 Å². The van der Waals surface area contributed by atoms with Crippen molar-refractivity contribution < 1.29 is 9.21 Å². The van der Waals surface area contributed by atoms with Gasteiger partial charge < -0.3 is 14.6 Å². The largest absolute Gasteiger partial charge is 0.436 e. The number of amides is 1. The van der Waals surface area contributed by atoms with E-state index in [0.29, 0.717) is 28.2 Å². The van der Waals surface area contributed by atoms with Crippen LogP contribution in [-0.4, -0.2) is 25.0 Å². The van der Waals surface area contributed by atoms with E-state index < -0.39 is 0 Å². The molecule has 5 heteroatoms. The smallest absolute Gasteiger partial charge is 0.255 e. The number of nitrogens with zero attached hydrogens (tertiary/aromatic N) is 2. The molecule has 0 spiro atoms. The van der Waals surface area contributed by atoms with Crippen molar-refractivity contribution in [2.75, 3.05) is 24.3 Å². The van der Waals surface area contributed by atoms with Gasteiger partial charge in [0.2, 0.25) is 5.89 Å². The van der Waals surface area contributed by atoms with Gasteiger partial charge in [-0.1, -0.05) is 18.2 Å². The first-order chi connectivity index (χ1) is 13.5. The number of carbonyl (C=O) groups is 1. The van der Waals surface area contributed by atoms with Crippen LogP contribution in [0.2, 0.25) is 0 Å². The first-order valence-corrected chi connectivity index (χ1v) is 9.06. The Morgan fingerprint density at radius 3 is 2.46 bits per heavy atom. The molecular formula is C23H21N3O2. The molecule has 0 bridgehead atoms. The molecule has 4 rings (SSSR count). The zero-order valence-corrected chi connectivity index (χ0v) is 16.1. The Hall–Kier alpha value is -3.60. The number of aromatic nitrogens is 1. The summed E-state index contributed by atoms with van der Waals surface area (Å²) in [7, 11) is 4.00. The Morgan fingerprint density at radius 2 is 1.75 bits per heavy atom. The summed E-state index contributed by atoms with van der Waals surface area (Å²) in [6.45, 7) is 1.92. The van der Waals surface area contributed by atoms with Crippen molar-refractivity contribution in [3.05, 3.63) is 77.9 Å². The molecule has 0 saturated heterocycles. The maximum absolute atomic E-state index is 12.5. The van der Waals surface area contributed by atoms with Crippen LogP contribution < -0.4 is 10.2 Å². The second kappa shape index (κ2) is 7.19. The average Bonchev–Trinajstić information content (AvgIpc) is 3.11. The van der Waals surface area contributed by atoms with Gasteiger partial charge in [-0.15, -0.1) is 0 Å². The van der Waals surface area contributed by atoms with Gasteiger partial charge in [-0.3, -0.25) is 4.79 Å². The fourth-order valence-electron chi connectivity index (χ4n) is 3.06. The number of carbonyl (C=O) groups excluding carboxylic acids is 1. The molecule has 1 aromatic heterocycles. The monoisotopic (exact) mass is 371 g/mol. The summed E-state index contributed by atoms with van der Waals surface area (Å²) in [4.78, 5) is 19.2. The summed E-state index contributed by atoms with van der Waals surface area (Å²) in [5, 5.41) is 2.93. The molecule has 140 valence electrons. The van der Waals surface area contributed by atoms with Gasteiger partial charge in [-0.2, -0.15) is 0 Å². The summed E-state index contributed by atoms with van der Waals surface area (Å²) in [6.07, 6.45) is 0. The van der Waals surface area contributed by atoms with Crippen molar-refractivity contribution in [3.8, 4) is 11.5 Å². The number of oxazole rings is 1. The molecule has 0 aliphatic carbocycles. The number of hydrogen-bond donors (Lipinski definition) is 1. The fourth-order valence-corrected chi connectivity index (χ4v) is 3.06. The summed E-state index contributed by atoms with van der Waals surface area (Å²) >= 11 is 0. The number of anilines is 2. The standard InChI is InChI=1S/C23H21N3O2/c1-15-6-4-5-7-19(15)22(27)24-17-10-13-21-20(14-17)25-23(28-21)16-8-11-18(12-9-16)26(2)3/h4-14H,1-3H3,(H,24,27). The van der Waals surface area contributed by atoms with Gasteiger partial charge in [0.25, 0.3) is 5.91 Å². The summed E-state index contributed by atoms with van der Waals surface area (Å²) < 4.78 is 5.88. The lowest BCUT2D eigenvalue weighted by Gasteiger charge is -2.11. The third kappa shape index (κ3) is 3.47. The molecular weight excluding hydrogens is 350 g/mol. The van der Waals surface area contributed by atoms with Crippen LogP contribution in [0.3, 0.4) is 0 Å². The highest BCUT2D eigenvalue weighted by Crippen LogP contribution is 2.27. The highest BCUT2D eigenvalue weighted by molar-refractivity contribution is 6.05. The van der Waals surface area contributed by atoms with Crippen LogP contribution in [-0.2, 0) is 0 Å². The Bertz CT molecular complexity index is 1140. The second-order valence-corrected chi connectivity index (χ2v) is 6.91. The maximum atomic E-state index is 12.5. The maximum Gasteiger partial charge on any atom is 0.255 e. The van der Waals surface area contributed by atoms with Crippen molar-refractivity contribution >= 4 is 28.4 Å². The molecule has 3 aromatic carbocycles. The molecule has 0 aliphatic rings. The zero-order valence-electron chi connectivity index (χ0n) is 16.1. The molecule has 0 fully saturated rings. The van der Waals surface area contributed by atoms with Crippen LogP contribution in [0.1, 0.15) is 15.9 Å². The Kier molecular flexibility index (Phi) is 4.57. The predicted octanol–water partition coefficient (Wildman–Crippen LogP) is 5.12. The van der Waals surface area contributed by atoms with E-state index in [-0.39, 0.29) is 5.91 Å². The van der Waals surface area contributed by atoms with Gasteiger partial charge in [0, 0.05) is 36.6 Å². The molecule has 1 amide bonds. The van der Waals surface area contributed by atoms with E-state index >= 15 is 0 Å². The highest BCUT2D eigenvalue weighted by atomic mass is 16.3. The Balaban J connectivity index is 1.60. The van der Waals surface area contributed by atoms with Gasteiger partial charge in [-0.25, -0.2) is 4.98 Å². The van der Waals surface area contributed by atoms with Crippen LogP contribution in [0, 0.1) is 6.92 Å². The predicted molar refractivity (Wildman–Crippen MR) is 113 cm³/mol. The SMILES string of the molecule is Cc1ccccc1C(=O)Nc1ccc2oc(-c3ccc(N(C)C)cc3)nc2c1. The summed E-state index contributed by atoms with van der Waals surface area (Å²) in [5.74, 6) is 0.420. The zero-order chi connectivity index (χ0) is 19.7. The van der Waals surface area contributed by atoms with Gasteiger partial charge in [0.15, 0.2) is 5.58 Å². The van der Waals surface area contributed by atoms with Gasteiger partial charge in [0.05, 0.1) is 0 Å². The van der Waals surface area contributed by atoms with Crippen LogP contribution in [0.5, 0.6) is 0 Å². The molecule has 4 aromatic rings. The van der Waals surface area contributed by atoms with Crippen LogP contribution >= 0.6 is 0 Å². The van der Waals surface area contributed by atoms with E-state index in [4.69, 9.17) is 4.42 Å². The number of aryl methyl sites for hydroxylation is 1. The molecule has 0 saturated carbocycles. The lowest BCUT2D eigenvalue weighted by atomic mass is 10.1. The number of rotatable bonds is 4. The van der Waals surface area contributed by atoms with E-state index in [1.165, 1.54) is 0 Å². The van der Waals surface area contributed by atoms with Gasteiger partial charge >= 0.3 is 0 Å². The molecule has 28 heavy (non-hydrogen) atoms. The molecule has 1 N–H and O–H groups in total. The first kappa shape index (κ1) is 17.8. The first-order valence-electron chi connectivity index (χ1n) is 9.06. The molecule has 0 unspecified atom stereocenters. The van der Waals surface area contributed by atoms with Crippen molar-refractivity contribution in [1.29, 1.82) is 0 Å². The topological polar surface area (TPSA) is 58.4 Å². The second-order valence-electron chi connectivity index (χ2n) is 6.91. The molecule has 1 heterocycles. The molecule has 5 nitrogen and oxygen atoms in total. The van der Waals surface area contributed by atoms with Crippen LogP contribution in [0.25, 0.3) is 22.6 Å². The van der Waals surface area contributed by atoms with E-state index in [0.717, 1.165) is 16.8 Å². The molecule has 0 atom stereocenters. The minimum atomic E-state index is -0.138. The highest BCUT2D eigenvalue weighted by Gasteiger charge is 2.12. The van der Waals surface area contributed by atoms with E-state index in [1.54, 1.807) is 0 Å². The number of benzene rings is 3. The van der Waals surface area contributed by atoms with Crippen molar-refractivity contribution in [2.45, 2.75) is 6.92 Å². The van der Waals surface area contributed by atoms with E-state index in [9.17, 15) is 4.79 Å². The van der Waals surface area contributed by atoms with Crippen molar-refractivity contribution in [1.82, 2.24) is 4.98 Å². The number of nitrogens with one attached hydrogen (secondary N) is 1. The third-order valence-electron chi connectivity index (χ3n) is 4.67. The Labute approximate surface area is 163 Å². The van der Waals surface area contributed by atoms with E-state index in [2.05, 4.69) is 10.3 Å². The van der Waals surface area contributed by atoms with Crippen LogP contribution in [0.15, 0.2) is 71.1 Å². The third-order valence-corrected chi connectivity index (χ3v) is 4.67. The summed E-state index contributed by atoms with van der Waals surface area (Å²) in [6, 6.07) is 21.0. The minimum Gasteiger partial charge on any atom is -0.436 e. The number of fused-ring (bicyclic) bond motifs is 1. The Morgan fingerprint density at radius 1 is 1.00 bits per heavy atom. The molecule has 0 radical (unpaired) electrons. The average molecular weight is 371 g/mol. The molecule has 0 aliphatic heterocycles. The lowest BCUT2D eigenvalue weighted by Crippen LogP contribution is -2.13. The van der Waals surface area contributed by atoms with Gasteiger partial charge in [-0.05, 0) is 61.0 Å². The number of hydrogen-bond acceptors (Lipinski definition) is 4. The summed E-state index contributed by atoms with van der Waals surface area (Å²) in [5.41, 5.74) is 5.68. The van der Waals surface area contributed by atoms with Crippen molar-refractivity contribution in [3.63, 3.8) is 0 Å². The van der Waals surface area contributed by atoms with Crippen molar-refractivity contribution in [2.24, 2.45) is 0 Å².